The first-order valence-electron chi connectivity index (χ1n) is 4.77. The van der Waals surface area contributed by atoms with Gasteiger partial charge < -0.3 is 15.9 Å². The molecular weight excluding hydrogens is 210 g/mol. The molecule has 0 saturated carbocycles. The SMILES string of the molecule is N[C@H](C(=O)O)C(CC(=O)O)c1ccccc1. The van der Waals surface area contributed by atoms with E-state index in [-0.39, 0.29) is 6.42 Å². The Morgan fingerprint density at radius 3 is 2.19 bits per heavy atom. The summed E-state index contributed by atoms with van der Waals surface area (Å²) in [7, 11) is 0. The zero-order valence-corrected chi connectivity index (χ0v) is 8.54. The summed E-state index contributed by atoms with van der Waals surface area (Å²) in [5, 5.41) is 17.5. The lowest BCUT2D eigenvalue weighted by molar-refractivity contribution is -0.140. The van der Waals surface area contributed by atoms with Crippen LogP contribution in [-0.2, 0) is 9.59 Å². The molecule has 4 N–H and O–H groups in total. The Bertz CT molecular complexity index is 377. The monoisotopic (exact) mass is 223 g/mol. The van der Waals surface area contributed by atoms with Crippen LogP contribution >= 0.6 is 0 Å². The molecule has 0 fully saturated rings. The maximum Gasteiger partial charge on any atom is 0.321 e. The van der Waals surface area contributed by atoms with Gasteiger partial charge in [0.15, 0.2) is 0 Å². The second kappa shape index (κ2) is 5.27. The van der Waals surface area contributed by atoms with Crippen molar-refractivity contribution in [2.24, 2.45) is 5.73 Å². The Kier molecular flexibility index (Phi) is 4.02. The Balaban J connectivity index is 2.96. The first kappa shape index (κ1) is 12.2. The standard InChI is InChI=1S/C11H13NO4/c12-10(11(15)16)8(6-9(13)14)7-4-2-1-3-5-7/h1-5,8,10H,6,12H2,(H,13,14)(H,15,16)/t8?,10-/m0/s1. The second-order valence-electron chi connectivity index (χ2n) is 3.48. The molecule has 1 aromatic carbocycles. The van der Waals surface area contributed by atoms with Gasteiger partial charge in [-0.1, -0.05) is 30.3 Å². The van der Waals surface area contributed by atoms with Crippen LogP contribution in [0.4, 0.5) is 0 Å². The minimum atomic E-state index is -1.21. The number of nitrogens with two attached hydrogens (primary N) is 1. The van der Waals surface area contributed by atoms with Crippen molar-refractivity contribution in [3.63, 3.8) is 0 Å². The van der Waals surface area contributed by atoms with Gasteiger partial charge in [0, 0.05) is 5.92 Å². The van der Waals surface area contributed by atoms with Gasteiger partial charge in [-0.3, -0.25) is 9.59 Å². The highest BCUT2D eigenvalue weighted by Gasteiger charge is 2.27. The molecule has 0 saturated heterocycles. The van der Waals surface area contributed by atoms with Crippen molar-refractivity contribution in [2.45, 2.75) is 18.4 Å². The summed E-state index contributed by atoms with van der Waals surface area (Å²) in [6.07, 6.45) is -0.294. The van der Waals surface area contributed by atoms with E-state index in [4.69, 9.17) is 15.9 Å². The Morgan fingerprint density at radius 1 is 1.19 bits per heavy atom. The highest BCUT2D eigenvalue weighted by Crippen LogP contribution is 2.22. The molecule has 2 atom stereocenters. The number of benzene rings is 1. The summed E-state index contributed by atoms with van der Waals surface area (Å²) in [6, 6.07) is 7.36. The van der Waals surface area contributed by atoms with Gasteiger partial charge in [-0.25, -0.2) is 0 Å². The van der Waals surface area contributed by atoms with E-state index in [1.165, 1.54) is 0 Å². The number of carboxylic acid groups (broad SMARTS) is 2. The highest BCUT2D eigenvalue weighted by atomic mass is 16.4. The predicted molar refractivity (Wildman–Crippen MR) is 57.0 cm³/mol. The molecule has 0 bridgehead atoms. The van der Waals surface area contributed by atoms with Crippen LogP contribution in [0.25, 0.3) is 0 Å². The largest absolute Gasteiger partial charge is 0.481 e. The van der Waals surface area contributed by atoms with Crippen molar-refractivity contribution in [3.8, 4) is 0 Å². The molecule has 1 aromatic rings. The summed E-state index contributed by atoms with van der Waals surface area (Å²) in [4.78, 5) is 21.4. The number of aliphatic carboxylic acids is 2. The molecule has 1 rings (SSSR count). The zero-order chi connectivity index (χ0) is 12.1. The van der Waals surface area contributed by atoms with Crippen LogP contribution in [0.1, 0.15) is 17.9 Å². The molecule has 5 heteroatoms. The van der Waals surface area contributed by atoms with Crippen molar-refractivity contribution in [2.75, 3.05) is 0 Å². The van der Waals surface area contributed by atoms with Crippen LogP contribution in [0.5, 0.6) is 0 Å². The molecule has 0 aliphatic rings. The van der Waals surface area contributed by atoms with Gasteiger partial charge in [-0.05, 0) is 5.56 Å². The van der Waals surface area contributed by atoms with Crippen LogP contribution in [0, 0.1) is 0 Å². The van der Waals surface area contributed by atoms with E-state index in [1.807, 2.05) is 0 Å². The van der Waals surface area contributed by atoms with E-state index in [9.17, 15) is 9.59 Å². The fourth-order valence-electron chi connectivity index (χ4n) is 1.51. The molecule has 1 unspecified atom stereocenters. The molecule has 86 valence electrons. The molecule has 0 heterocycles. The number of rotatable bonds is 5. The van der Waals surface area contributed by atoms with Gasteiger partial charge in [0.05, 0.1) is 6.42 Å². The lowest BCUT2D eigenvalue weighted by Gasteiger charge is -2.19. The minimum Gasteiger partial charge on any atom is -0.481 e. The predicted octanol–water partition coefficient (Wildman–Crippen LogP) is 0.657. The maximum absolute atomic E-state index is 10.8. The normalized spacial score (nSPS) is 14.1. The van der Waals surface area contributed by atoms with Gasteiger partial charge in [0.2, 0.25) is 0 Å². The van der Waals surface area contributed by atoms with Crippen LogP contribution in [0.3, 0.4) is 0 Å². The number of carbonyl (C=O) groups is 2. The average molecular weight is 223 g/mol. The van der Waals surface area contributed by atoms with E-state index in [1.54, 1.807) is 30.3 Å². The highest BCUT2D eigenvalue weighted by molar-refractivity contribution is 5.77. The fourth-order valence-corrected chi connectivity index (χ4v) is 1.51. The summed E-state index contributed by atoms with van der Waals surface area (Å²) >= 11 is 0. The van der Waals surface area contributed by atoms with Gasteiger partial charge >= 0.3 is 11.9 Å². The lowest BCUT2D eigenvalue weighted by Crippen LogP contribution is -2.37. The van der Waals surface area contributed by atoms with Gasteiger partial charge in [0.1, 0.15) is 6.04 Å². The van der Waals surface area contributed by atoms with E-state index in [0.717, 1.165) is 0 Å². The van der Waals surface area contributed by atoms with Gasteiger partial charge in [-0.2, -0.15) is 0 Å². The molecule has 0 radical (unpaired) electrons. The van der Waals surface area contributed by atoms with Crippen molar-refractivity contribution in [1.29, 1.82) is 0 Å². The number of hydrogen-bond donors (Lipinski definition) is 3. The second-order valence-corrected chi connectivity index (χ2v) is 3.48. The van der Waals surface area contributed by atoms with E-state index < -0.39 is 23.9 Å². The Labute approximate surface area is 92.5 Å². The summed E-state index contributed by atoms with van der Waals surface area (Å²) in [6.45, 7) is 0. The van der Waals surface area contributed by atoms with Gasteiger partial charge in [-0.15, -0.1) is 0 Å². The first-order valence-corrected chi connectivity index (χ1v) is 4.77. The quantitative estimate of drug-likeness (QED) is 0.680. The molecular formula is C11H13NO4. The Hall–Kier alpha value is -1.88. The van der Waals surface area contributed by atoms with E-state index in [0.29, 0.717) is 5.56 Å². The summed E-state index contributed by atoms with van der Waals surface area (Å²) < 4.78 is 0. The summed E-state index contributed by atoms with van der Waals surface area (Å²) in [5.41, 5.74) is 6.10. The molecule has 0 amide bonds. The maximum atomic E-state index is 10.8. The number of hydrogen-bond acceptors (Lipinski definition) is 3. The average Bonchev–Trinajstić information content (AvgIpc) is 2.26. The molecule has 5 nitrogen and oxygen atoms in total. The van der Waals surface area contributed by atoms with Crippen LogP contribution in [-0.4, -0.2) is 28.2 Å². The topological polar surface area (TPSA) is 101 Å². The molecule has 0 aliphatic heterocycles. The lowest BCUT2D eigenvalue weighted by atomic mass is 9.89. The Morgan fingerprint density at radius 2 is 1.75 bits per heavy atom. The van der Waals surface area contributed by atoms with Crippen molar-refractivity contribution in [1.82, 2.24) is 0 Å². The van der Waals surface area contributed by atoms with Crippen molar-refractivity contribution >= 4 is 11.9 Å². The van der Waals surface area contributed by atoms with E-state index in [2.05, 4.69) is 0 Å². The van der Waals surface area contributed by atoms with Crippen LogP contribution in [0.15, 0.2) is 30.3 Å². The minimum absolute atomic E-state index is 0.294. The third kappa shape index (κ3) is 3.06. The van der Waals surface area contributed by atoms with Crippen LogP contribution < -0.4 is 5.73 Å². The number of carboxylic acids is 2. The molecule has 0 aromatic heterocycles. The van der Waals surface area contributed by atoms with Crippen molar-refractivity contribution < 1.29 is 19.8 Å². The van der Waals surface area contributed by atoms with Crippen molar-refractivity contribution in [3.05, 3.63) is 35.9 Å². The van der Waals surface area contributed by atoms with Crippen LogP contribution in [0.2, 0.25) is 0 Å². The fraction of sp³-hybridized carbons (Fsp3) is 0.273. The zero-order valence-electron chi connectivity index (χ0n) is 8.54. The first-order chi connectivity index (χ1) is 7.52. The smallest absolute Gasteiger partial charge is 0.321 e. The molecule has 0 aliphatic carbocycles. The molecule has 16 heavy (non-hydrogen) atoms. The van der Waals surface area contributed by atoms with Gasteiger partial charge in [0.25, 0.3) is 0 Å². The third-order valence-electron chi connectivity index (χ3n) is 2.34. The summed E-state index contributed by atoms with van der Waals surface area (Å²) in [5.74, 6) is -2.98. The van der Waals surface area contributed by atoms with E-state index >= 15 is 0 Å². The third-order valence-corrected chi connectivity index (χ3v) is 2.34. The molecule has 0 spiro atoms.